The second kappa shape index (κ2) is 34.5. The van der Waals surface area contributed by atoms with Crippen molar-refractivity contribution < 1.29 is 87.0 Å². The predicted octanol–water partition coefficient (Wildman–Crippen LogP) is 3.19. The average Bonchev–Trinajstić information content (AvgIpc) is 3.74. The Kier molecular flexibility index (Phi) is 28.0. The number of alkyl carbamates (subject to hydrolysis) is 2. The van der Waals surface area contributed by atoms with Crippen molar-refractivity contribution in [3.63, 3.8) is 0 Å². The van der Waals surface area contributed by atoms with Crippen molar-refractivity contribution >= 4 is 29.7 Å². The molecule has 0 bridgehead atoms. The maximum atomic E-state index is 13.7. The second-order valence-corrected chi connectivity index (χ2v) is 19.2. The molecule has 1 aliphatic carbocycles. The van der Waals surface area contributed by atoms with Crippen molar-refractivity contribution in [3.8, 4) is 11.1 Å². The van der Waals surface area contributed by atoms with E-state index < -0.39 is 67.0 Å². The number of aliphatic hydroxyl groups excluding tert-OH is 4. The summed E-state index contributed by atoms with van der Waals surface area (Å²) in [5, 5.41) is 50.9. The molecule has 1 fully saturated rings. The minimum absolute atomic E-state index is 0.0731. The van der Waals surface area contributed by atoms with E-state index in [2.05, 4.69) is 21.3 Å². The first-order chi connectivity index (χ1) is 37.2. The summed E-state index contributed by atoms with van der Waals surface area (Å²) in [5.74, 6) is -0.805. The van der Waals surface area contributed by atoms with Crippen molar-refractivity contribution in [2.24, 2.45) is 0 Å². The van der Waals surface area contributed by atoms with E-state index in [-0.39, 0.29) is 44.5 Å². The van der Waals surface area contributed by atoms with Crippen LogP contribution in [0.1, 0.15) is 69.1 Å². The number of anilines is 1. The number of unbranched alkanes of at least 4 members (excludes halogenated alkanes) is 1. The molecule has 6 atom stereocenters. The second-order valence-electron chi connectivity index (χ2n) is 19.2. The quantitative estimate of drug-likeness (QED) is 0.0388. The number of nitrogens with one attached hydrogen (secondary N) is 4. The van der Waals surface area contributed by atoms with Crippen LogP contribution in [0.5, 0.6) is 0 Å². The largest absolute Gasteiger partial charge is 0.449 e. The molecule has 0 saturated carbocycles. The molecular weight excluding hydrogens is 1000 g/mol. The Bertz CT molecular complexity index is 2150. The van der Waals surface area contributed by atoms with Gasteiger partial charge in [0.2, 0.25) is 11.8 Å². The van der Waals surface area contributed by atoms with Gasteiger partial charge in [0.05, 0.1) is 92.5 Å². The zero-order chi connectivity index (χ0) is 55.3. The van der Waals surface area contributed by atoms with Gasteiger partial charge in [-0.15, -0.1) is 0 Å². The van der Waals surface area contributed by atoms with Gasteiger partial charge in [0.1, 0.15) is 42.7 Å². The molecule has 1 saturated heterocycles. The summed E-state index contributed by atoms with van der Waals surface area (Å²) in [5.41, 5.74) is 5.05. The topological polar surface area (TPSA) is 290 Å². The third-order valence-electron chi connectivity index (χ3n) is 12.2. The predicted molar refractivity (Wildman–Crippen MR) is 281 cm³/mol. The van der Waals surface area contributed by atoms with Crippen LogP contribution in [0.15, 0.2) is 72.8 Å². The van der Waals surface area contributed by atoms with Gasteiger partial charge < -0.3 is 89.1 Å². The van der Waals surface area contributed by atoms with Crippen LogP contribution in [0.4, 0.5) is 15.3 Å². The highest BCUT2D eigenvalue weighted by Gasteiger charge is 2.44. The van der Waals surface area contributed by atoms with Gasteiger partial charge in [-0.1, -0.05) is 60.7 Å². The molecule has 428 valence electrons. The summed E-state index contributed by atoms with van der Waals surface area (Å²) in [6.07, 6.45) is -6.25. The van der Waals surface area contributed by atoms with Crippen molar-refractivity contribution in [1.82, 2.24) is 16.0 Å². The summed E-state index contributed by atoms with van der Waals surface area (Å²) in [7, 11) is 0. The van der Waals surface area contributed by atoms with Crippen molar-refractivity contribution in [1.29, 1.82) is 0 Å². The molecule has 22 heteroatoms. The van der Waals surface area contributed by atoms with Crippen molar-refractivity contribution in [2.45, 2.75) is 101 Å². The lowest BCUT2D eigenvalue weighted by molar-refractivity contribution is -0.300. The maximum Gasteiger partial charge on any atom is 0.407 e. The van der Waals surface area contributed by atoms with Crippen LogP contribution in [-0.4, -0.2) is 199 Å². The van der Waals surface area contributed by atoms with E-state index in [9.17, 15) is 39.6 Å². The monoisotopic (exact) mass is 1080 g/mol. The lowest BCUT2D eigenvalue weighted by Crippen LogP contribution is -2.59. The van der Waals surface area contributed by atoms with Gasteiger partial charge >= 0.3 is 12.2 Å². The van der Waals surface area contributed by atoms with Gasteiger partial charge in [0, 0.05) is 31.1 Å². The summed E-state index contributed by atoms with van der Waals surface area (Å²) >= 11 is 0. The number of hydrogen-bond acceptors (Lipinski definition) is 18. The Balaban J connectivity index is 0.922. The van der Waals surface area contributed by atoms with E-state index in [0.29, 0.717) is 111 Å². The molecule has 5 rings (SSSR count). The van der Waals surface area contributed by atoms with Gasteiger partial charge in [0.25, 0.3) is 0 Å². The highest BCUT2D eigenvalue weighted by molar-refractivity contribution is 5.96. The third kappa shape index (κ3) is 22.9. The Hall–Kier alpha value is -5.34. The lowest BCUT2D eigenvalue weighted by Gasteiger charge is -2.39. The molecule has 0 unspecified atom stereocenters. The Labute approximate surface area is 450 Å². The Morgan fingerprint density at radius 3 is 1.75 bits per heavy atom. The number of hydrogen-bond donors (Lipinski definition) is 8. The van der Waals surface area contributed by atoms with E-state index >= 15 is 0 Å². The minimum Gasteiger partial charge on any atom is -0.449 e. The van der Waals surface area contributed by atoms with Crippen LogP contribution in [0, 0.1) is 0 Å². The van der Waals surface area contributed by atoms with Gasteiger partial charge in [-0.25, -0.2) is 9.59 Å². The number of fused-ring (bicyclic) bond motifs is 3. The average molecular weight is 1090 g/mol. The highest BCUT2D eigenvalue weighted by atomic mass is 16.7. The number of carbonyl (C=O) groups is 4. The maximum absolute atomic E-state index is 13.7. The fraction of sp³-hybridized carbons (Fsp3) is 0.600. The van der Waals surface area contributed by atoms with Gasteiger partial charge in [-0.05, 0) is 86.4 Å². The molecule has 0 aromatic heterocycles. The molecule has 77 heavy (non-hydrogen) atoms. The molecule has 1 aliphatic heterocycles. The van der Waals surface area contributed by atoms with Crippen LogP contribution < -0.4 is 21.3 Å². The fourth-order valence-electron chi connectivity index (χ4n) is 8.23. The van der Waals surface area contributed by atoms with Crippen molar-refractivity contribution in [3.05, 3.63) is 89.5 Å². The molecule has 0 spiro atoms. The molecule has 22 nitrogen and oxygen atoms in total. The first-order valence-corrected chi connectivity index (χ1v) is 26.4. The van der Waals surface area contributed by atoms with Crippen LogP contribution in [0.25, 0.3) is 11.1 Å². The molecule has 0 radical (unpaired) electrons. The lowest BCUT2D eigenvalue weighted by atomic mass is 9.98. The Morgan fingerprint density at radius 2 is 1.18 bits per heavy atom. The molecule has 3 aromatic carbocycles. The molecule has 1 heterocycles. The normalized spacial score (nSPS) is 18.5. The van der Waals surface area contributed by atoms with Crippen LogP contribution in [-0.2, 0) is 63.4 Å². The number of amides is 4. The smallest absolute Gasteiger partial charge is 0.407 e. The SMILES string of the molecule is CC(C)(C)OC(=O)NCCOCCOCCOCCOCCOCCOCCC(=O)NCCCC[C@H](NC(=O)OCC1c2ccccc2-c2ccccc21)C(=O)Nc1ccc(CCO[C@@H]2O[C@H](CO)[C@@H](O)[C@H](O)[C@H]2O)cc1. The van der Waals surface area contributed by atoms with E-state index in [1.54, 1.807) is 45.0 Å². The zero-order valence-corrected chi connectivity index (χ0v) is 44.5. The Morgan fingerprint density at radius 1 is 0.623 bits per heavy atom. The first kappa shape index (κ1) is 62.5. The molecule has 8 N–H and O–H groups in total. The molecule has 3 aromatic rings. The minimum atomic E-state index is -1.54. The number of benzene rings is 3. The number of rotatable bonds is 36. The third-order valence-corrected chi connectivity index (χ3v) is 12.2. The first-order valence-electron chi connectivity index (χ1n) is 26.4. The molecular formula is C55H80N4O18. The standard InChI is InChI=1S/C55H80N4O18/c1-55(2,3)77-53(66)57-22-25-69-27-29-71-31-33-73-35-34-72-32-30-70-28-26-68-23-20-47(61)56-21-9-8-14-45(59-54(67)75-37-44-42-12-6-4-10-40(42)41-11-5-7-13-43(41)44)51(65)58-39-17-15-38(16-18-39)19-24-74-52-50(64)49(63)48(62)46(36-60)76-52/h4-7,10-13,15-18,44-46,48-50,52,60,62-64H,8-9,14,19-37H2,1-3H3,(H,56,61)(H,57,66)(H,58,65)(H,59,67)/t45-,46+,48+,49-,50+,52+/m0/s1. The summed E-state index contributed by atoms with van der Waals surface area (Å²) in [4.78, 5) is 51.2. The molecule has 4 amide bonds. The number of carbonyl (C=O) groups excluding carboxylic acids is 4. The van der Waals surface area contributed by atoms with Gasteiger partial charge in [-0.3, -0.25) is 9.59 Å². The number of ether oxygens (including phenoxy) is 10. The van der Waals surface area contributed by atoms with E-state index in [1.807, 2.05) is 48.5 Å². The van der Waals surface area contributed by atoms with Crippen LogP contribution >= 0.6 is 0 Å². The summed E-state index contributed by atoms with van der Waals surface area (Å²) < 4.78 is 54.9. The van der Waals surface area contributed by atoms with Crippen molar-refractivity contribution in [2.75, 3.05) is 118 Å². The highest BCUT2D eigenvalue weighted by Crippen LogP contribution is 2.44. The van der Waals surface area contributed by atoms with Crippen LogP contribution in [0.3, 0.4) is 0 Å². The number of aliphatic hydroxyl groups is 4. The fourth-order valence-corrected chi connectivity index (χ4v) is 8.23. The molecule has 2 aliphatic rings. The summed E-state index contributed by atoms with van der Waals surface area (Å²) in [6, 6.07) is 22.0. The van der Waals surface area contributed by atoms with Gasteiger partial charge in [-0.2, -0.15) is 0 Å². The van der Waals surface area contributed by atoms with E-state index in [4.69, 9.17) is 47.4 Å². The van der Waals surface area contributed by atoms with Crippen LogP contribution in [0.2, 0.25) is 0 Å². The van der Waals surface area contributed by atoms with Gasteiger partial charge in [0.15, 0.2) is 6.29 Å². The van der Waals surface area contributed by atoms with E-state index in [0.717, 1.165) is 27.8 Å². The van der Waals surface area contributed by atoms with E-state index in [1.165, 1.54) is 0 Å². The zero-order valence-electron chi connectivity index (χ0n) is 44.5. The summed E-state index contributed by atoms with van der Waals surface area (Å²) in [6.45, 7) is 10.2.